The molecule has 0 radical (unpaired) electrons. The van der Waals surface area contributed by atoms with E-state index in [1.807, 2.05) is 0 Å². The normalized spacial score (nSPS) is 18.3. The quantitative estimate of drug-likeness (QED) is 0.603. The second kappa shape index (κ2) is 5.66. The van der Waals surface area contributed by atoms with Crippen molar-refractivity contribution in [1.29, 1.82) is 0 Å². The number of nitrogens with two attached hydrogens (primary N) is 1. The fraction of sp³-hybridized carbons (Fsp3) is 0.778. The third kappa shape index (κ3) is 3.35. The van der Waals surface area contributed by atoms with Crippen molar-refractivity contribution in [2.24, 2.45) is 5.73 Å². The Hall–Kier alpha value is -1.34. The minimum atomic E-state index is -1.10. The molecule has 0 aliphatic carbocycles. The summed E-state index contributed by atoms with van der Waals surface area (Å²) >= 11 is 0. The van der Waals surface area contributed by atoms with Crippen molar-refractivity contribution < 1.29 is 19.8 Å². The van der Waals surface area contributed by atoms with Crippen LogP contribution >= 0.6 is 0 Å². The molecule has 1 saturated heterocycles. The van der Waals surface area contributed by atoms with E-state index in [1.165, 1.54) is 0 Å². The summed E-state index contributed by atoms with van der Waals surface area (Å²) < 4.78 is 0. The van der Waals surface area contributed by atoms with Crippen molar-refractivity contribution in [3.63, 3.8) is 0 Å². The van der Waals surface area contributed by atoms with Gasteiger partial charge in [-0.15, -0.1) is 0 Å². The van der Waals surface area contributed by atoms with Gasteiger partial charge >= 0.3 is 12.1 Å². The van der Waals surface area contributed by atoms with Crippen LogP contribution in [0, 0.1) is 0 Å². The minimum absolute atomic E-state index is 0.123. The van der Waals surface area contributed by atoms with E-state index in [2.05, 4.69) is 0 Å². The van der Waals surface area contributed by atoms with Crippen LogP contribution in [-0.2, 0) is 4.79 Å². The molecule has 0 saturated carbocycles. The van der Waals surface area contributed by atoms with Gasteiger partial charge in [-0.25, -0.2) is 14.8 Å². The van der Waals surface area contributed by atoms with Gasteiger partial charge in [-0.3, -0.25) is 4.79 Å². The molecule has 1 heterocycles. The predicted molar refractivity (Wildman–Crippen MR) is 55.8 cm³/mol. The fourth-order valence-electron chi connectivity index (χ4n) is 1.68. The first-order valence-corrected chi connectivity index (χ1v) is 5.26. The van der Waals surface area contributed by atoms with Crippen LogP contribution in [0.4, 0.5) is 4.79 Å². The maximum atomic E-state index is 11.0. The Labute approximate surface area is 93.4 Å². The first kappa shape index (κ1) is 12.7. The van der Waals surface area contributed by atoms with Gasteiger partial charge in [0, 0.05) is 19.6 Å². The summed E-state index contributed by atoms with van der Waals surface area (Å²) in [6.45, 7) is 1.53. The highest BCUT2D eigenvalue weighted by Crippen LogP contribution is 2.12. The molecule has 7 heteroatoms. The fourth-order valence-corrected chi connectivity index (χ4v) is 1.68. The molecular weight excluding hydrogens is 214 g/mol. The number of carboxylic acids is 1. The van der Waals surface area contributed by atoms with Crippen molar-refractivity contribution in [3.05, 3.63) is 0 Å². The van der Waals surface area contributed by atoms with E-state index in [4.69, 9.17) is 15.9 Å². The van der Waals surface area contributed by atoms with E-state index in [-0.39, 0.29) is 13.0 Å². The van der Waals surface area contributed by atoms with E-state index in [9.17, 15) is 9.59 Å². The molecule has 7 nitrogen and oxygen atoms in total. The van der Waals surface area contributed by atoms with Crippen molar-refractivity contribution in [2.75, 3.05) is 19.6 Å². The third-order valence-corrected chi connectivity index (χ3v) is 2.61. The molecule has 0 aromatic rings. The summed E-state index contributed by atoms with van der Waals surface area (Å²) in [5, 5.41) is 20.5. The number of aliphatic carboxylic acids is 1. The third-order valence-electron chi connectivity index (χ3n) is 2.61. The largest absolute Gasteiger partial charge is 0.480 e. The molecule has 0 spiro atoms. The SMILES string of the molecule is NC(CCN(C(=O)O)N1CCCC1)C(=O)O. The molecule has 0 bridgehead atoms. The van der Waals surface area contributed by atoms with E-state index in [0.29, 0.717) is 13.1 Å². The Balaban J connectivity index is 2.45. The Morgan fingerprint density at radius 1 is 1.31 bits per heavy atom. The molecule has 1 atom stereocenters. The van der Waals surface area contributed by atoms with Crippen LogP contribution in [0.1, 0.15) is 19.3 Å². The second-order valence-electron chi connectivity index (χ2n) is 3.80. The molecule has 0 aromatic heterocycles. The van der Waals surface area contributed by atoms with Gasteiger partial charge in [0.1, 0.15) is 6.04 Å². The number of amides is 1. The van der Waals surface area contributed by atoms with Crippen molar-refractivity contribution in [3.8, 4) is 0 Å². The monoisotopic (exact) mass is 231 g/mol. The summed E-state index contributed by atoms with van der Waals surface area (Å²) in [6.07, 6.45) is 1.00. The molecule has 1 amide bonds. The number of hydrazine groups is 1. The van der Waals surface area contributed by atoms with Crippen molar-refractivity contribution >= 4 is 12.1 Å². The van der Waals surface area contributed by atoms with Gasteiger partial charge in [0.15, 0.2) is 0 Å². The highest BCUT2D eigenvalue weighted by molar-refractivity contribution is 5.73. The highest BCUT2D eigenvalue weighted by atomic mass is 16.4. The van der Waals surface area contributed by atoms with E-state index < -0.39 is 18.1 Å². The molecule has 92 valence electrons. The van der Waals surface area contributed by atoms with Crippen LogP contribution in [0.3, 0.4) is 0 Å². The van der Waals surface area contributed by atoms with Gasteiger partial charge in [-0.05, 0) is 19.3 Å². The van der Waals surface area contributed by atoms with Gasteiger partial charge in [0.2, 0.25) is 0 Å². The number of hydrogen-bond donors (Lipinski definition) is 3. The maximum Gasteiger partial charge on any atom is 0.421 e. The van der Waals surface area contributed by atoms with Crippen LogP contribution in [-0.4, -0.2) is 58.0 Å². The van der Waals surface area contributed by atoms with Gasteiger partial charge in [0.05, 0.1) is 0 Å². The summed E-state index contributed by atoms with van der Waals surface area (Å²) in [6, 6.07) is -1.01. The van der Waals surface area contributed by atoms with Crippen LogP contribution in [0.15, 0.2) is 0 Å². The standard InChI is InChI=1S/C9H17N3O4/c10-7(8(13)14)3-6-12(9(15)16)11-4-1-2-5-11/h7H,1-6,10H2,(H,13,14)(H,15,16). The van der Waals surface area contributed by atoms with Crippen LogP contribution in [0.25, 0.3) is 0 Å². The zero-order valence-electron chi connectivity index (χ0n) is 9.00. The van der Waals surface area contributed by atoms with Crippen molar-refractivity contribution in [2.45, 2.75) is 25.3 Å². The lowest BCUT2D eigenvalue weighted by atomic mass is 10.2. The van der Waals surface area contributed by atoms with Gasteiger partial charge in [-0.2, -0.15) is 0 Å². The number of nitrogens with zero attached hydrogens (tertiary/aromatic N) is 2. The smallest absolute Gasteiger partial charge is 0.421 e. The average Bonchev–Trinajstić information content (AvgIpc) is 2.70. The minimum Gasteiger partial charge on any atom is -0.480 e. The lowest BCUT2D eigenvalue weighted by Gasteiger charge is -2.29. The topological polar surface area (TPSA) is 107 Å². The van der Waals surface area contributed by atoms with Crippen LogP contribution in [0.5, 0.6) is 0 Å². The molecule has 0 aromatic carbocycles. The first-order chi connectivity index (χ1) is 7.52. The highest BCUT2D eigenvalue weighted by Gasteiger charge is 2.25. The Morgan fingerprint density at radius 2 is 1.88 bits per heavy atom. The maximum absolute atomic E-state index is 11.0. The zero-order valence-corrected chi connectivity index (χ0v) is 9.00. The number of carboxylic acid groups (broad SMARTS) is 2. The summed E-state index contributed by atoms with van der Waals surface area (Å²) in [4.78, 5) is 21.5. The lowest BCUT2D eigenvalue weighted by molar-refractivity contribution is -0.139. The van der Waals surface area contributed by atoms with Crippen LogP contribution in [0.2, 0.25) is 0 Å². The molecule has 1 rings (SSSR count). The summed E-state index contributed by atoms with van der Waals surface area (Å²) in [7, 11) is 0. The summed E-state index contributed by atoms with van der Waals surface area (Å²) in [5.41, 5.74) is 5.33. The van der Waals surface area contributed by atoms with E-state index >= 15 is 0 Å². The lowest BCUT2D eigenvalue weighted by Crippen LogP contribution is -2.46. The molecule has 1 unspecified atom stereocenters. The Kier molecular flexibility index (Phi) is 4.51. The van der Waals surface area contributed by atoms with E-state index in [0.717, 1.165) is 17.9 Å². The molecule has 1 aliphatic rings. The second-order valence-corrected chi connectivity index (χ2v) is 3.80. The molecule has 16 heavy (non-hydrogen) atoms. The molecule has 4 N–H and O–H groups in total. The Morgan fingerprint density at radius 3 is 2.31 bits per heavy atom. The molecule has 1 aliphatic heterocycles. The van der Waals surface area contributed by atoms with Gasteiger partial charge < -0.3 is 15.9 Å². The van der Waals surface area contributed by atoms with E-state index in [1.54, 1.807) is 5.01 Å². The van der Waals surface area contributed by atoms with Crippen LogP contribution < -0.4 is 5.73 Å². The number of rotatable bonds is 5. The van der Waals surface area contributed by atoms with Gasteiger partial charge in [-0.1, -0.05) is 0 Å². The van der Waals surface area contributed by atoms with Crippen molar-refractivity contribution in [1.82, 2.24) is 10.0 Å². The molecular formula is C9H17N3O4. The average molecular weight is 231 g/mol. The zero-order chi connectivity index (χ0) is 12.1. The summed E-state index contributed by atoms with van der Waals surface area (Å²) in [5.74, 6) is -1.10. The molecule has 1 fully saturated rings. The number of hydrogen-bond acceptors (Lipinski definition) is 4. The Bertz CT molecular complexity index is 265. The first-order valence-electron chi connectivity index (χ1n) is 5.26. The predicted octanol–water partition coefficient (Wildman–Crippen LogP) is -0.221. The number of carbonyl (C=O) groups is 2. The van der Waals surface area contributed by atoms with Gasteiger partial charge in [0.25, 0.3) is 0 Å².